The fraction of sp³-hybridized carbons (Fsp3) is 0.300. The Morgan fingerprint density at radius 1 is 1.08 bits per heavy atom. The lowest BCUT2D eigenvalue weighted by Gasteiger charge is -2.27. The van der Waals surface area contributed by atoms with Gasteiger partial charge in [0.2, 0.25) is 0 Å². The molecule has 4 nitrogen and oxygen atoms in total. The van der Waals surface area contributed by atoms with Crippen molar-refractivity contribution in [3.05, 3.63) is 71.3 Å². The van der Waals surface area contributed by atoms with Gasteiger partial charge in [0.25, 0.3) is 5.91 Å². The van der Waals surface area contributed by atoms with Gasteiger partial charge in [0.1, 0.15) is 0 Å². The number of rotatable bonds is 4. The molecule has 24 heavy (non-hydrogen) atoms. The zero-order valence-electron chi connectivity index (χ0n) is 13.7. The molecule has 0 aromatic heterocycles. The second-order valence-corrected chi connectivity index (χ2v) is 6.07. The Kier molecular flexibility index (Phi) is 4.94. The largest absolute Gasteiger partial charge is 0.449 e. The van der Waals surface area contributed by atoms with Gasteiger partial charge in [0.15, 0.2) is 6.10 Å². The molecule has 0 fully saturated rings. The zero-order chi connectivity index (χ0) is 16.9. The van der Waals surface area contributed by atoms with E-state index in [4.69, 9.17) is 4.74 Å². The maximum Gasteiger partial charge on any atom is 0.338 e. The molecule has 0 heterocycles. The van der Waals surface area contributed by atoms with Crippen molar-refractivity contribution in [2.75, 3.05) is 0 Å². The van der Waals surface area contributed by atoms with Gasteiger partial charge in [-0.25, -0.2) is 4.79 Å². The molecule has 3 rings (SSSR count). The quantitative estimate of drug-likeness (QED) is 0.877. The number of carbonyl (C=O) groups is 2. The summed E-state index contributed by atoms with van der Waals surface area (Å²) in [5.74, 6) is -0.747. The van der Waals surface area contributed by atoms with Crippen molar-refractivity contribution in [3.8, 4) is 0 Å². The molecule has 0 aliphatic heterocycles. The minimum atomic E-state index is -0.827. The lowest BCUT2D eigenvalue weighted by atomic mass is 9.87. The van der Waals surface area contributed by atoms with E-state index in [-0.39, 0.29) is 11.9 Å². The molecule has 1 aliphatic carbocycles. The molecule has 2 aromatic carbocycles. The van der Waals surface area contributed by atoms with Crippen LogP contribution in [0.4, 0.5) is 0 Å². The highest BCUT2D eigenvalue weighted by Crippen LogP contribution is 2.29. The number of nitrogens with one attached hydrogen (secondary N) is 1. The molecule has 0 saturated heterocycles. The van der Waals surface area contributed by atoms with Crippen LogP contribution in [0.3, 0.4) is 0 Å². The molecule has 1 N–H and O–H groups in total. The number of ether oxygens (including phenoxy) is 1. The molecular formula is C20H21NO3. The third kappa shape index (κ3) is 3.65. The van der Waals surface area contributed by atoms with Crippen LogP contribution in [0.15, 0.2) is 54.6 Å². The van der Waals surface area contributed by atoms with Gasteiger partial charge in [-0.1, -0.05) is 42.5 Å². The first kappa shape index (κ1) is 16.2. The average Bonchev–Trinajstić information content (AvgIpc) is 2.62. The summed E-state index contributed by atoms with van der Waals surface area (Å²) in [6, 6.07) is 16.9. The number of benzene rings is 2. The fourth-order valence-electron chi connectivity index (χ4n) is 3.05. The van der Waals surface area contributed by atoms with E-state index >= 15 is 0 Å². The van der Waals surface area contributed by atoms with Gasteiger partial charge >= 0.3 is 5.97 Å². The Labute approximate surface area is 141 Å². The van der Waals surface area contributed by atoms with Crippen molar-refractivity contribution >= 4 is 11.9 Å². The Bertz CT molecular complexity index is 727. The maximum atomic E-state index is 12.4. The lowest BCUT2D eigenvalue weighted by Crippen LogP contribution is -2.39. The van der Waals surface area contributed by atoms with E-state index in [1.165, 1.54) is 11.1 Å². The van der Waals surface area contributed by atoms with Crippen molar-refractivity contribution in [2.45, 2.75) is 38.3 Å². The van der Waals surface area contributed by atoms with Crippen LogP contribution in [0.5, 0.6) is 0 Å². The molecule has 124 valence electrons. The molecule has 1 aliphatic rings. The number of carbonyl (C=O) groups excluding carboxylic acids is 2. The number of amides is 1. The predicted molar refractivity (Wildman–Crippen MR) is 91.6 cm³/mol. The van der Waals surface area contributed by atoms with Crippen molar-refractivity contribution < 1.29 is 14.3 Å². The van der Waals surface area contributed by atoms with Crippen LogP contribution < -0.4 is 5.32 Å². The number of aryl methyl sites for hydroxylation is 1. The van der Waals surface area contributed by atoms with Crippen LogP contribution in [0.2, 0.25) is 0 Å². The third-order valence-corrected chi connectivity index (χ3v) is 4.35. The second-order valence-electron chi connectivity index (χ2n) is 6.07. The predicted octanol–water partition coefficient (Wildman–Crippen LogP) is 3.43. The van der Waals surface area contributed by atoms with Crippen LogP contribution in [0.25, 0.3) is 0 Å². The van der Waals surface area contributed by atoms with E-state index in [9.17, 15) is 9.59 Å². The fourth-order valence-corrected chi connectivity index (χ4v) is 3.05. The Hall–Kier alpha value is -2.62. The van der Waals surface area contributed by atoms with Crippen LogP contribution in [0, 0.1) is 0 Å². The highest BCUT2D eigenvalue weighted by atomic mass is 16.5. The minimum absolute atomic E-state index is 0.0136. The number of hydrogen-bond donors (Lipinski definition) is 1. The maximum absolute atomic E-state index is 12.4. The van der Waals surface area contributed by atoms with Crippen molar-refractivity contribution in [3.63, 3.8) is 0 Å². The highest BCUT2D eigenvalue weighted by Gasteiger charge is 2.25. The summed E-state index contributed by atoms with van der Waals surface area (Å²) in [5.41, 5.74) is 2.89. The summed E-state index contributed by atoms with van der Waals surface area (Å²) in [7, 11) is 0. The minimum Gasteiger partial charge on any atom is -0.449 e. The van der Waals surface area contributed by atoms with Gasteiger partial charge in [-0.15, -0.1) is 0 Å². The first-order chi connectivity index (χ1) is 11.6. The summed E-state index contributed by atoms with van der Waals surface area (Å²) >= 11 is 0. The molecule has 4 heteroatoms. The van der Waals surface area contributed by atoms with Gasteiger partial charge < -0.3 is 10.1 Å². The third-order valence-electron chi connectivity index (χ3n) is 4.35. The van der Waals surface area contributed by atoms with E-state index in [0.29, 0.717) is 5.56 Å². The molecule has 2 aromatic rings. The monoisotopic (exact) mass is 323 g/mol. The molecule has 0 saturated carbocycles. The van der Waals surface area contributed by atoms with Gasteiger partial charge in [-0.2, -0.15) is 0 Å². The van der Waals surface area contributed by atoms with Crippen molar-refractivity contribution in [2.24, 2.45) is 0 Å². The number of fused-ring (bicyclic) bond motifs is 1. The highest BCUT2D eigenvalue weighted by molar-refractivity contribution is 5.92. The molecule has 1 amide bonds. The van der Waals surface area contributed by atoms with E-state index in [2.05, 4.69) is 17.4 Å². The summed E-state index contributed by atoms with van der Waals surface area (Å²) in [6.45, 7) is 1.60. The Balaban J connectivity index is 1.62. The van der Waals surface area contributed by atoms with Crippen LogP contribution in [0.1, 0.15) is 47.3 Å². The van der Waals surface area contributed by atoms with E-state index in [1.54, 1.807) is 31.2 Å². The Morgan fingerprint density at radius 3 is 2.58 bits per heavy atom. The van der Waals surface area contributed by atoms with Crippen molar-refractivity contribution in [1.82, 2.24) is 5.32 Å². The van der Waals surface area contributed by atoms with E-state index in [0.717, 1.165) is 19.3 Å². The average molecular weight is 323 g/mol. The van der Waals surface area contributed by atoms with E-state index < -0.39 is 12.1 Å². The number of hydrogen-bond acceptors (Lipinski definition) is 3. The van der Waals surface area contributed by atoms with Gasteiger partial charge in [0, 0.05) is 0 Å². The standard InChI is InChI=1S/C20H21NO3/c1-14(24-20(23)16-9-3-2-4-10-16)19(22)21-18-13-7-11-15-8-5-6-12-17(15)18/h2-6,8-10,12,14,18H,7,11,13H2,1H3,(H,21,22)/t14-,18-/m0/s1. The molecule has 0 unspecified atom stereocenters. The topological polar surface area (TPSA) is 55.4 Å². The smallest absolute Gasteiger partial charge is 0.338 e. The second kappa shape index (κ2) is 7.30. The molecule has 0 spiro atoms. The summed E-state index contributed by atoms with van der Waals surface area (Å²) in [6.07, 6.45) is 2.16. The SMILES string of the molecule is C[C@H](OC(=O)c1ccccc1)C(=O)N[C@H]1CCCc2ccccc21. The van der Waals surface area contributed by atoms with Crippen LogP contribution in [-0.2, 0) is 16.0 Å². The normalized spacial score (nSPS) is 17.5. The van der Waals surface area contributed by atoms with Gasteiger partial charge in [0.05, 0.1) is 11.6 Å². The van der Waals surface area contributed by atoms with Crippen LogP contribution >= 0.6 is 0 Å². The zero-order valence-corrected chi connectivity index (χ0v) is 13.7. The van der Waals surface area contributed by atoms with Gasteiger partial charge in [-0.3, -0.25) is 4.79 Å². The van der Waals surface area contributed by atoms with Gasteiger partial charge in [-0.05, 0) is 49.4 Å². The summed E-state index contributed by atoms with van der Waals surface area (Å²) < 4.78 is 5.28. The molecule has 0 bridgehead atoms. The van der Waals surface area contributed by atoms with Crippen LogP contribution in [-0.4, -0.2) is 18.0 Å². The lowest BCUT2D eigenvalue weighted by molar-refractivity contribution is -0.130. The summed E-state index contributed by atoms with van der Waals surface area (Å²) in [4.78, 5) is 24.4. The molecular weight excluding hydrogens is 302 g/mol. The number of esters is 1. The van der Waals surface area contributed by atoms with Crippen molar-refractivity contribution in [1.29, 1.82) is 0 Å². The molecule has 0 radical (unpaired) electrons. The summed E-state index contributed by atoms with van der Waals surface area (Å²) in [5, 5.41) is 3.02. The molecule has 2 atom stereocenters. The first-order valence-corrected chi connectivity index (χ1v) is 8.29. The van der Waals surface area contributed by atoms with E-state index in [1.807, 2.05) is 18.2 Å². The first-order valence-electron chi connectivity index (χ1n) is 8.29. The Morgan fingerprint density at radius 2 is 1.79 bits per heavy atom.